The molecule has 0 aliphatic heterocycles. The summed E-state index contributed by atoms with van der Waals surface area (Å²) in [5.74, 6) is -0.382. The van der Waals surface area contributed by atoms with Crippen molar-refractivity contribution in [1.82, 2.24) is 9.88 Å². The minimum Gasteiger partial charge on any atom is -0.348 e. The van der Waals surface area contributed by atoms with E-state index in [1.54, 1.807) is 43.3 Å². The maximum absolute atomic E-state index is 14.5. The lowest BCUT2D eigenvalue weighted by molar-refractivity contribution is 0.0951. The summed E-state index contributed by atoms with van der Waals surface area (Å²) in [7, 11) is -3.25. The van der Waals surface area contributed by atoms with Crippen LogP contribution in [0.4, 0.5) is 4.39 Å². The SMILES string of the molecule is CCS(=O)(=O)c1ccc(CNC(=O)c2ccc3c(c2)cc(Cc2ccc(C)cc2F)n3C(C)C)cc1. The number of sulfone groups is 1. The van der Waals surface area contributed by atoms with Crippen LogP contribution in [-0.4, -0.2) is 24.6 Å². The van der Waals surface area contributed by atoms with Crippen molar-refractivity contribution in [2.45, 2.75) is 51.6 Å². The molecule has 36 heavy (non-hydrogen) atoms. The predicted molar refractivity (Wildman–Crippen MR) is 142 cm³/mol. The molecule has 1 N–H and O–H groups in total. The molecule has 1 amide bonds. The molecule has 0 unspecified atom stereocenters. The van der Waals surface area contributed by atoms with Gasteiger partial charge in [0.2, 0.25) is 0 Å². The van der Waals surface area contributed by atoms with E-state index in [2.05, 4.69) is 23.7 Å². The van der Waals surface area contributed by atoms with Crippen molar-refractivity contribution in [3.8, 4) is 0 Å². The summed E-state index contributed by atoms with van der Waals surface area (Å²) in [6, 6.07) is 19.6. The number of aromatic nitrogens is 1. The van der Waals surface area contributed by atoms with Crippen molar-refractivity contribution >= 4 is 26.6 Å². The Bertz CT molecular complexity index is 1520. The maximum atomic E-state index is 14.5. The Hall–Kier alpha value is -3.45. The van der Waals surface area contributed by atoms with E-state index in [4.69, 9.17) is 0 Å². The molecule has 1 heterocycles. The second kappa shape index (κ2) is 10.3. The van der Waals surface area contributed by atoms with Gasteiger partial charge in [-0.3, -0.25) is 4.79 Å². The van der Waals surface area contributed by atoms with Gasteiger partial charge in [0.05, 0.1) is 10.6 Å². The van der Waals surface area contributed by atoms with E-state index in [-0.39, 0.29) is 35.0 Å². The molecule has 0 atom stereocenters. The van der Waals surface area contributed by atoms with Gasteiger partial charge >= 0.3 is 0 Å². The maximum Gasteiger partial charge on any atom is 0.251 e. The van der Waals surface area contributed by atoms with Crippen molar-refractivity contribution in [2.75, 3.05) is 5.75 Å². The van der Waals surface area contributed by atoms with Gasteiger partial charge in [-0.1, -0.05) is 31.2 Å². The number of hydrogen-bond donors (Lipinski definition) is 1. The van der Waals surface area contributed by atoms with E-state index in [0.717, 1.165) is 27.7 Å². The number of amides is 1. The van der Waals surface area contributed by atoms with Crippen molar-refractivity contribution in [3.05, 3.63) is 100 Å². The summed E-state index contributed by atoms with van der Waals surface area (Å²) in [5.41, 5.74) is 4.85. The standard InChI is InChI=1S/C29H31FN2O3S/c1-5-36(34,35)26-11-7-21(8-12-26)18-31-29(33)23-10-13-28-24(15-23)17-25(32(28)19(2)3)16-22-9-6-20(4)14-27(22)30/h6-15,17,19H,5,16,18H2,1-4H3,(H,31,33). The van der Waals surface area contributed by atoms with Crippen LogP contribution >= 0.6 is 0 Å². The first-order valence-electron chi connectivity index (χ1n) is 12.1. The van der Waals surface area contributed by atoms with Crippen molar-refractivity contribution in [1.29, 1.82) is 0 Å². The summed E-state index contributed by atoms with van der Waals surface area (Å²) >= 11 is 0. The number of rotatable bonds is 8. The van der Waals surface area contributed by atoms with E-state index >= 15 is 0 Å². The first kappa shape index (κ1) is 25.6. The van der Waals surface area contributed by atoms with Gasteiger partial charge in [-0.25, -0.2) is 12.8 Å². The van der Waals surface area contributed by atoms with Crippen LogP contribution in [0.3, 0.4) is 0 Å². The van der Waals surface area contributed by atoms with Crippen LogP contribution in [0.2, 0.25) is 0 Å². The summed E-state index contributed by atoms with van der Waals surface area (Å²) in [6.07, 6.45) is 0.463. The molecule has 4 aromatic rings. The van der Waals surface area contributed by atoms with Gasteiger partial charge in [-0.05, 0) is 79.9 Å². The summed E-state index contributed by atoms with van der Waals surface area (Å²) < 4.78 is 40.7. The molecule has 0 saturated heterocycles. The largest absolute Gasteiger partial charge is 0.348 e. The number of nitrogens with one attached hydrogen (secondary N) is 1. The van der Waals surface area contributed by atoms with Crippen molar-refractivity contribution in [2.24, 2.45) is 0 Å². The minimum absolute atomic E-state index is 0.0474. The third kappa shape index (κ3) is 5.36. The van der Waals surface area contributed by atoms with Gasteiger partial charge in [0.15, 0.2) is 9.84 Å². The number of aryl methyl sites for hydroxylation is 1. The zero-order chi connectivity index (χ0) is 26.0. The number of fused-ring (bicyclic) bond motifs is 1. The fourth-order valence-electron chi connectivity index (χ4n) is 4.44. The molecule has 5 nitrogen and oxygen atoms in total. The number of halogens is 1. The first-order chi connectivity index (χ1) is 17.1. The highest BCUT2D eigenvalue weighted by Crippen LogP contribution is 2.28. The Morgan fingerprint density at radius 3 is 2.36 bits per heavy atom. The average Bonchev–Trinajstić information content (AvgIpc) is 3.22. The molecule has 0 radical (unpaired) electrons. The lowest BCUT2D eigenvalue weighted by atomic mass is 10.1. The summed E-state index contributed by atoms with van der Waals surface area (Å²) in [6.45, 7) is 7.95. The first-order valence-corrected chi connectivity index (χ1v) is 13.7. The smallest absolute Gasteiger partial charge is 0.251 e. The van der Waals surface area contributed by atoms with Crippen LogP contribution in [0.5, 0.6) is 0 Å². The number of benzene rings is 3. The molecule has 0 bridgehead atoms. The van der Waals surface area contributed by atoms with Gasteiger partial charge in [-0.2, -0.15) is 0 Å². The van der Waals surface area contributed by atoms with Crippen LogP contribution in [0, 0.1) is 12.7 Å². The lowest BCUT2D eigenvalue weighted by Crippen LogP contribution is -2.22. The average molecular weight is 507 g/mol. The van der Waals surface area contributed by atoms with Gasteiger partial charge in [0.1, 0.15) is 5.82 Å². The molecule has 4 rings (SSSR count). The molecule has 3 aromatic carbocycles. The van der Waals surface area contributed by atoms with E-state index in [0.29, 0.717) is 17.5 Å². The van der Waals surface area contributed by atoms with Crippen LogP contribution in [0.1, 0.15) is 59.6 Å². The molecular formula is C29H31FN2O3S. The Labute approximate surface area is 211 Å². The number of carbonyl (C=O) groups excluding carboxylic acids is 1. The fourth-order valence-corrected chi connectivity index (χ4v) is 5.32. The Morgan fingerprint density at radius 2 is 1.72 bits per heavy atom. The van der Waals surface area contributed by atoms with Crippen LogP contribution in [-0.2, 0) is 22.8 Å². The molecule has 7 heteroatoms. The molecule has 0 spiro atoms. The molecular weight excluding hydrogens is 475 g/mol. The quantitative estimate of drug-likeness (QED) is 0.319. The van der Waals surface area contributed by atoms with E-state index in [1.165, 1.54) is 0 Å². The van der Waals surface area contributed by atoms with Crippen LogP contribution in [0.15, 0.2) is 71.6 Å². The number of nitrogens with zero attached hydrogens (tertiary/aromatic N) is 1. The lowest BCUT2D eigenvalue weighted by Gasteiger charge is -2.15. The molecule has 1 aromatic heterocycles. The van der Waals surface area contributed by atoms with Crippen molar-refractivity contribution in [3.63, 3.8) is 0 Å². The molecule has 0 fully saturated rings. The minimum atomic E-state index is -3.25. The Morgan fingerprint density at radius 1 is 1.00 bits per heavy atom. The zero-order valence-corrected chi connectivity index (χ0v) is 21.8. The van der Waals surface area contributed by atoms with Crippen molar-refractivity contribution < 1.29 is 17.6 Å². The third-order valence-corrected chi connectivity index (χ3v) is 8.14. The summed E-state index contributed by atoms with van der Waals surface area (Å²) in [4.78, 5) is 13.1. The molecule has 188 valence electrons. The molecule has 0 aliphatic rings. The van der Waals surface area contributed by atoms with Crippen LogP contribution in [0.25, 0.3) is 10.9 Å². The second-order valence-electron chi connectivity index (χ2n) is 9.37. The van der Waals surface area contributed by atoms with Gasteiger partial charge in [0, 0.05) is 41.2 Å². The predicted octanol–water partition coefficient (Wildman–Crippen LogP) is 5.98. The third-order valence-electron chi connectivity index (χ3n) is 6.39. The topological polar surface area (TPSA) is 68.2 Å². The monoisotopic (exact) mass is 506 g/mol. The number of carbonyl (C=O) groups is 1. The highest BCUT2D eigenvalue weighted by molar-refractivity contribution is 7.91. The highest BCUT2D eigenvalue weighted by Gasteiger charge is 2.16. The van der Waals surface area contributed by atoms with Gasteiger partial charge in [-0.15, -0.1) is 0 Å². The number of hydrogen-bond acceptors (Lipinski definition) is 3. The summed E-state index contributed by atoms with van der Waals surface area (Å²) in [5, 5.41) is 3.83. The van der Waals surface area contributed by atoms with Gasteiger partial charge in [0.25, 0.3) is 5.91 Å². The Balaban J connectivity index is 1.54. The molecule has 0 saturated carbocycles. The second-order valence-corrected chi connectivity index (χ2v) is 11.7. The van der Waals surface area contributed by atoms with E-state index < -0.39 is 9.84 Å². The zero-order valence-electron chi connectivity index (χ0n) is 21.0. The fraction of sp³-hybridized carbons (Fsp3) is 0.276. The van der Waals surface area contributed by atoms with Gasteiger partial charge < -0.3 is 9.88 Å². The van der Waals surface area contributed by atoms with Crippen LogP contribution < -0.4 is 5.32 Å². The Kier molecular flexibility index (Phi) is 7.31. The van der Waals surface area contributed by atoms with E-state index in [1.807, 2.05) is 37.3 Å². The van der Waals surface area contributed by atoms with E-state index in [9.17, 15) is 17.6 Å². The normalized spacial score (nSPS) is 11.8. The molecule has 0 aliphatic carbocycles. The highest BCUT2D eigenvalue weighted by atomic mass is 32.2.